The summed E-state index contributed by atoms with van der Waals surface area (Å²) in [6.45, 7) is 0. The van der Waals surface area contributed by atoms with Crippen molar-refractivity contribution in [2.75, 3.05) is 0 Å². The fraction of sp³-hybridized carbons (Fsp3) is 0.667. The van der Waals surface area contributed by atoms with Crippen molar-refractivity contribution in [2.45, 2.75) is 24.6 Å². The van der Waals surface area contributed by atoms with Gasteiger partial charge in [0.1, 0.15) is 5.54 Å². The van der Waals surface area contributed by atoms with Crippen LogP contribution in [0.25, 0.3) is 0 Å². The fourth-order valence-corrected chi connectivity index (χ4v) is 0.846. The highest BCUT2D eigenvalue weighted by Gasteiger charge is 2.53. The molecule has 0 aromatic rings. The van der Waals surface area contributed by atoms with Crippen molar-refractivity contribution in [3.05, 3.63) is 0 Å². The summed E-state index contributed by atoms with van der Waals surface area (Å²) < 4.78 is 35.1. The number of hydrogen-bond acceptors (Lipinski definition) is 2. The van der Waals surface area contributed by atoms with Gasteiger partial charge in [-0.1, -0.05) is 0 Å². The van der Waals surface area contributed by atoms with Crippen LogP contribution in [0.1, 0.15) is 12.8 Å². The monoisotopic (exact) mass is 196 g/mol. The van der Waals surface area contributed by atoms with Gasteiger partial charge in [0.2, 0.25) is 5.91 Å². The first kappa shape index (κ1) is 9.82. The molecule has 0 heterocycles. The van der Waals surface area contributed by atoms with Crippen LogP contribution in [-0.2, 0) is 9.59 Å². The van der Waals surface area contributed by atoms with Crippen molar-refractivity contribution in [3.8, 4) is 0 Å². The lowest BCUT2D eigenvalue weighted by molar-refractivity contribution is -0.175. The molecule has 7 heteroatoms. The number of carbonyl (C=O) groups excluding carboxylic acids is 2. The van der Waals surface area contributed by atoms with E-state index in [1.54, 1.807) is 5.32 Å². The number of halogens is 3. The maximum atomic E-state index is 11.7. The summed E-state index contributed by atoms with van der Waals surface area (Å²) >= 11 is 0. The Labute approximate surface area is 71.3 Å². The zero-order valence-corrected chi connectivity index (χ0v) is 6.44. The zero-order chi connectivity index (χ0) is 10.3. The minimum absolute atomic E-state index is 0.171. The zero-order valence-electron chi connectivity index (χ0n) is 6.44. The molecule has 0 atom stereocenters. The Morgan fingerprint density at radius 2 is 1.77 bits per heavy atom. The molecule has 1 aliphatic carbocycles. The second-order valence-electron chi connectivity index (χ2n) is 2.90. The Hall–Kier alpha value is -1.27. The summed E-state index contributed by atoms with van der Waals surface area (Å²) in [5, 5.41) is 1.57. The number of primary amides is 1. The minimum atomic E-state index is -4.97. The number of carbonyl (C=O) groups is 2. The van der Waals surface area contributed by atoms with Crippen molar-refractivity contribution >= 4 is 11.8 Å². The molecule has 4 nitrogen and oxygen atoms in total. The lowest BCUT2D eigenvalue weighted by atomic mass is 10.2. The molecule has 0 saturated heterocycles. The van der Waals surface area contributed by atoms with Crippen molar-refractivity contribution in [2.24, 2.45) is 5.73 Å². The summed E-state index contributed by atoms with van der Waals surface area (Å²) in [6.07, 6.45) is -4.63. The molecule has 0 spiro atoms. The van der Waals surface area contributed by atoms with Gasteiger partial charge in [-0.25, -0.2) is 0 Å². The van der Waals surface area contributed by atoms with Gasteiger partial charge in [0.25, 0.3) is 0 Å². The van der Waals surface area contributed by atoms with Gasteiger partial charge in [-0.3, -0.25) is 9.59 Å². The van der Waals surface area contributed by atoms with E-state index in [0.29, 0.717) is 0 Å². The van der Waals surface area contributed by atoms with Gasteiger partial charge < -0.3 is 11.1 Å². The summed E-state index contributed by atoms with van der Waals surface area (Å²) in [5.41, 5.74) is 3.35. The molecule has 1 aliphatic rings. The number of rotatable bonds is 2. The largest absolute Gasteiger partial charge is 0.471 e. The van der Waals surface area contributed by atoms with Gasteiger partial charge in [0, 0.05) is 0 Å². The topological polar surface area (TPSA) is 72.2 Å². The molecule has 1 saturated carbocycles. The fourth-order valence-electron chi connectivity index (χ4n) is 0.846. The van der Waals surface area contributed by atoms with E-state index >= 15 is 0 Å². The normalized spacial score (nSPS) is 19.3. The molecule has 1 fully saturated rings. The maximum Gasteiger partial charge on any atom is 0.471 e. The SMILES string of the molecule is NC(=O)C1(NC(=O)C(F)(F)F)CC1. The van der Waals surface area contributed by atoms with Gasteiger partial charge in [0.05, 0.1) is 0 Å². The molecule has 0 aliphatic heterocycles. The Morgan fingerprint density at radius 3 is 2.00 bits per heavy atom. The molecule has 0 aromatic heterocycles. The van der Waals surface area contributed by atoms with Crippen molar-refractivity contribution in [3.63, 3.8) is 0 Å². The molecule has 13 heavy (non-hydrogen) atoms. The molecule has 0 radical (unpaired) electrons. The minimum Gasteiger partial charge on any atom is -0.368 e. The third-order valence-electron chi connectivity index (χ3n) is 1.83. The van der Waals surface area contributed by atoms with E-state index in [-0.39, 0.29) is 12.8 Å². The van der Waals surface area contributed by atoms with Crippen LogP contribution in [0.4, 0.5) is 13.2 Å². The van der Waals surface area contributed by atoms with Crippen LogP contribution in [-0.4, -0.2) is 23.5 Å². The van der Waals surface area contributed by atoms with Crippen LogP contribution in [0.15, 0.2) is 0 Å². The number of hydrogen-bond donors (Lipinski definition) is 2. The van der Waals surface area contributed by atoms with E-state index in [2.05, 4.69) is 0 Å². The molecular formula is C6H7F3N2O2. The molecule has 2 amide bonds. The van der Waals surface area contributed by atoms with Crippen LogP contribution >= 0.6 is 0 Å². The highest BCUT2D eigenvalue weighted by molar-refractivity contribution is 5.94. The van der Waals surface area contributed by atoms with E-state index in [9.17, 15) is 22.8 Å². The number of nitrogens with one attached hydrogen (secondary N) is 1. The van der Waals surface area contributed by atoms with Gasteiger partial charge >= 0.3 is 12.1 Å². The second-order valence-corrected chi connectivity index (χ2v) is 2.90. The highest BCUT2D eigenvalue weighted by Crippen LogP contribution is 2.35. The molecule has 0 aromatic carbocycles. The number of amides is 2. The highest BCUT2D eigenvalue weighted by atomic mass is 19.4. The molecule has 0 unspecified atom stereocenters. The molecule has 0 bridgehead atoms. The van der Waals surface area contributed by atoms with Crippen LogP contribution < -0.4 is 11.1 Å². The van der Waals surface area contributed by atoms with Crippen LogP contribution in [0.5, 0.6) is 0 Å². The average Bonchev–Trinajstić information content (AvgIpc) is 2.66. The lowest BCUT2D eigenvalue weighted by Gasteiger charge is -2.14. The van der Waals surface area contributed by atoms with E-state index < -0.39 is 23.5 Å². The van der Waals surface area contributed by atoms with Crippen LogP contribution in [0.3, 0.4) is 0 Å². The first-order valence-corrected chi connectivity index (χ1v) is 3.47. The van der Waals surface area contributed by atoms with Crippen molar-refractivity contribution in [1.82, 2.24) is 5.32 Å². The van der Waals surface area contributed by atoms with Crippen molar-refractivity contribution in [1.29, 1.82) is 0 Å². The molecule has 3 N–H and O–H groups in total. The van der Waals surface area contributed by atoms with Gasteiger partial charge in [-0.05, 0) is 12.8 Å². The number of nitrogens with two attached hydrogens (primary N) is 1. The summed E-state index contributed by atoms with van der Waals surface area (Å²) in [5.74, 6) is -3.05. The summed E-state index contributed by atoms with van der Waals surface area (Å²) in [7, 11) is 0. The lowest BCUT2D eigenvalue weighted by Crippen LogP contribution is -2.51. The summed E-state index contributed by atoms with van der Waals surface area (Å²) in [6, 6.07) is 0. The average molecular weight is 196 g/mol. The maximum absolute atomic E-state index is 11.7. The standard InChI is InChI=1S/C6H7F3N2O2/c7-6(8,9)4(13)11-5(1-2-5)3(10)12/h1-2H2,(H2,10,12)(H,11,13). The van der Waals surface area contributed by atoms with E-state index in [1.807, 2.05) is 0 Å². The van der Waals surface area contributed by atoms with Crippen LogP contribution in [0, 0.1) is 0 Å². The predicted octanol–water partition coefficient (Wildman–Crippen LogP) is -0.317. The Morgan fingerprint density at radius 1 is 1.31 bits per heavy atom. The van der Waals surface area contributed by atoms with E-state index in [0.717, 1.165) is 0 Å². The van der Waals surface area contributed by atoms with E-state index in [1.165, 1.54) is 0 Å². The first-order valence-electron chi connectivity index (χ1n) is 3.47. The third-order valence-corrected chi connectivity index (χ3v) is 1.83. The molecular weight excluding hydrogens is 189 g/mol. The smallest absolute Gasteiger partial charge is 0.368 e. The van der Waals surface area contributed by atoms with Crippen LogP contribution in [0.2, 0.25) is 0 Å². The van der Waals surface area contributed by atoms with E-state index in [4.69, 9.17) is 5.73 Å². The second kappa shape index (κ2) is 2.61. The third kappa shape index (κ3) is 1.90. The predicted molar refractivity (Wildman–Crippen MR) is 35.4 cm³/mol. The van der Waals surface area contributed by atoms with Gasteiger partial charge in [-0.2, -0.15) is 13.2 Å². The Balaban J connectivity index is 2.60. The van der Waals surface area contributed by atoms with Gasteiger partial charge in [0.15, 0.2) is 0 Å². The Bertz CT molecular complexity index is 257. The quantitative estimate of drug-likeness (QED) is 0.635. The van der Waals surface area contributed by atoms with Gasteiger partial charge in [-0.15, -0.1) is 0 Å². The van der Waals surface area contributed by atoms with Crippen molar-refractivity contribution < 1.29 is 22.8 Å². The number of alkyl halides is 3. The molecule has 74 valence electrons. The molecule has 1 rings (SSSR count). The Kier molecular flexibility index (Phi) is 1.97. The first-order chi connectivity index (χ1) is 5.78. The summed E-state index contributed by atoms with van der Waals surface area (Å²) in [4.78, 5) is 21.0.